The second kappa shape index (κ2) is 17.6. The summed E-state index contributed by atoms with van der Waals surface area (Å²) in [5, 5.41) is 15.3. The molecule has 3 N–H and O–H groups in total. The lowest BCUT2D eigenvalue weighted by Gasteiger charge is -2.17. The molecule has 0 amide bonds. The first-order valence-electron chi connectivity index (χ1n) is 11.3. The van der Waals surface area contributed by atoms with Crippen LogP contribution in [0.4, 0.5) is 0 Å². The van der Waals surface area contributed by atoms with Crippen molar-refractivity contribution >= 4 is 28.0 Å². The maximum atomic E-state index is 12.1. The van der Waals surface area contributed by atoms with Crippen LogP contribution in [0.5, 0.6) is 0 Å². The molecule has 0 bridgehead atoms. The fourth-order valence-electron chi connectivity index (χ4n) is 3.16. The maximum Gasteiger partial charge on any atom is 0.325 e. The van der Waals surface area contributed by atoms with Gasteiger partial charge in [0, 0.05) is 12.8 Å². The van der Waals surface area contributed by atoms with Crippen molar-refractivity contribution in [1.82, 2.24) is 0 Å². The fraction of sp³-hybridized carbons (Fsp3) is 0.773. The van der Waals surface area contributed by atoms with E-state index in [0.29, 0.717) is 19.3 Å². The van der Waals surface area contributed by atoms with Crippen molar-refractivity contribution in [3.05, 3.63) is 12.2 Å². The minimum atomic E-state index is -4.90. The largest absolute Gasteiger partial charge is 0.481 e. The van der Waals surface area contributed by atoms with Gasteiger partial charge in [-0.2, -0.15) is 8.42 Å². The Bertz CT molecular complexity index is 686. The van der Waals surface area contributed by atoms with Gasteiger partial charge in [0.05, 0.1) is 6.42 Å². The second-order valence-electron chi connectivity index (χ2n) is 7.91. The quantitative estimate of drug-likeness (QED) is 0.100. The van der Waals surface area contributed by atoms with E-state index in [9.17, 15) is 22.8 Å². The van der Waals surface area contributed by atoms with Gasteiger partial charge in [-0.05, 0) is 32.1 Å². The van der Waals surface area contributed by atoms with E-state index in [1.54, 1.807) is 0 Å². The van der Waals surface area contributed by atoms with E-state index in [1.807, 2.05) is 12.2 Å². The number of unbranched alkanes of at least 4 members (excludes halogenated alkanes) is 8. The van der Waals surface area contributed by atoms with Crippen LogP contribution in [0.25, 0.3) is 0 Å². The molecule has 0 aromatic heterocycles. The van der Waals surface area contributed by atoms with Crippen LogP contribution in [0.3, 0.4) is 0 Å². The highest BCUT2D eigenvalue weighted by Gasteiger charge is 2.34. The SMILES string of the molecule is CCCCCC[C@H](C/C=C\CCCCCCCC(=O)O)OC(=O)CC(C(=O)O)S(=O)(=O)O. The Balaban J connectivity index is 4.48. The molecule has 186 valence electrons. The smallest absolute Gasteiger partial charge is 0.325 e. The maximum absolute atomic E-state index is 12.1. The average molecular weight is 479 g/mol. The summed E-state index contributed by atoms with van der Waals surface area (Å²) in [7, 11) is -4.90. The third-order valence-corrected chi connectivity index (χ3v) is 6.08. The standard InChI is InChI=1S/C22H38O9S/c1-2-3-4-11-14-18(31-21(25)17-19(22(26)27)32(28,29)30)15-12-9-7-5-6-8-10-13-16-20(23)24/h9,12,18-19H,2-8,10-11,13-17H2,1H3,(H,23,24)(H,26,27)(H,28,29,30)/b12-9-/t18-,19?/m1/s1. The predicted octanol–water partition coefficient (Wildman–Crippen LogP) is 4.36. The van der Waals surface area contributed by atoms with Gasteiger partial charge in [-0.15, -0.1) is 0 Å². The zero-order valence-corrected chi connectivity index (χ0v) is 19.7. The third kappa shape index (κ3) is 16.7. The van der Waals surface area contributed by atoms with E-state index in [0.717, 1.165) is 57.8 Å². The van der Waals surface area contributed by atoms with Crippen molar-refractivity contribution in [3.8, 4) is 0 Å². The lowest BCUT2D eigenvalue weighted by atomic mass is 10.1. The number of hydrogen-bond acceptors (Lipinski definition) is 6. The van der Waals surface area contributed by atoms with E-state index in [-0.39, 0.29) is 6.42 Å². The van der Waals surface area contributed by atoms with Crippen molar-refractivity contribution in [3.63, 3.8) is 0 Å². The summed E-state index contributed by atoms with van der Waals surface area (Å²) in [5.74, 6) is -3.54. The average Bonchev–Trinajstić information content (AvgIpc) is 2.69. The number of ether oxygens (including phenoxy) is 1. The molecular weight excluding hydrogens is 440 g/mol. The zero-order valence-electron chi connectivity index (χ0n) is 18.9. The summed E-state index contributed by atoms with van der Waals surface area (Å²) >= 11 is 0. The number of allylic oxidation sites excluding steroid dienone is 1. The molecule has 9 nitrogen and oxygen atoms in total. The Labute approximate surface area is 191 Å². The van der Waals surface area contributed by atoms with Gasteiger partial charge in [-0.25, -0.2) is 0 Å². The normalized spacial score (nSPS) is 13.7. The topological polar surface area (TPSA) is 155 Å². The lowest BCUT2D eigenvalue weighted by Crippen LogP contribution is -2.33. The molecule has 0 fully saturated rings. The van der Waals surface area contributed by atoms with E-state index < -0.39 is 45.8 Å². The van der Waals surface area contributed by atoms with Gasteiger partial charge in [0.25, 0.3) is 10.1 Å². The summed E-state index contributed by atoms with van der Waals surface area (Å²) in [5.41, 5.74) is 0. The van der Waals surface area contributed by atoms with Gasteiger partial charge in [0.1, 0.15) is 6.10 Å². The number of carbonyl (C=O) groups excluding carboxylic acids is 1. The highest BCUT2D eigenvalue weighted by molar-refractivity contribution is 7.87. The number of aliphatic carboxylic acids is 2. The van der Waals surface area contributed by atoms with Gasteiger partial charge < -0.3 is 14.9 Å². The Morgan fingerprint density at radius 3 is 2.12 bits per heavy atom. The third-order valence-electron chi connectivity index (χ3n) is 4.99. The molecule has 0 saturated heterocycles. The predicted molar refractivity (Wildman–Crippen MR) is 120 cm³/mol. The zero-order chi connectivity index (χ0) is 24.4. The molecule has 0 heterocycles. The highest BCUT2D eigenvalue weighted by atomic mass is 32.2. The van der Waals surface area contributed by atoms with E-state index in [1.165, 1.54) is 0 Å². The van der Waals surface area contributed by atoms with E-state index in [4.69, 9.17) is 19.5 Å². The molecule has 10 heteroatoms. The van der Waals surface area contributed by atoms with Crippen molar-refractivity contribution in [1.29, 1.82) is 0 Å². The van der Waals surface area contributed by atoms with Crippen LogP contribution in [-0.4, -0.2) is 52.4 Å². The van der Waals surface area contributed by atoms with Gasteiger partial charge in [0.2, 0.25) is 0 Å². The van der Waals surface area contributed by atoms with Crippen molar-refractivity contribution in [2.45, 2.75) is 108 Å². The van der Waals surface area contributed by atoms with Crippen LogP contribution >= 0.6 is 0 Å². The number of carbonyl (C=O) groups is 3. The Hall–Kier alpha value is -1.94. The van der Waals surface area contributed by atoms with Crippen LogP contribution in [0.2, 0.25) is 0 Å². The van der Waals surface area contributed by atoms with Gasteiger partial charge in [0.15, 0.2) is 5.25 Å². The number of rotatable bonds is 20. The molecule has 0 aliphatic carbocycles. The minimum absolute atomic E-state index is 0.204. The molecule has 2 atom stereocenters. The molecule has 0 spiro atoms. The van der Waals surface area contributed by atoms with Crippen LogP contribution in [0, 0.1) is 0 Å². The fourth-order valence-corrected chi connectivity index (χ4v) is 3.77. The minimum Gasteiger partial charge on any atom is -0.481 e. The summed E-state index contributed by atoms with van der Waals surface area (Å²) < 4.78 is 36.6. The van der Waals surface area contributed by atoms with Gasteiger partial charge in [-0.3, -0.25) is 18.9 Å². The van der Waals surface area contributed by atoms with E-state index >= 15 is 0 Å². The van der Waals surface area contributed by atoms with Crippen LogP contribution in [0.15, 0.2) is 12.2 Å². The Morgan fingerprint density at radius 1 is 0.906 bits per heavy atom. The summed E-state index contributed by atoms with van der Waals surface area (Å²) in [6, 6.07) is 0. The molecule has 1 unspecified atom stereocenters. The molecule has 0 rings (SSSR count). The summed E-state index contributed by atoms with van der Waals surface area (Å²) in [6.07, 6.45) is 13.0. The summed E-state index contributed by atoms with van der Waals surface area (Å²) in [4.78, 5) is 33.5. The number of carboxylic acids is 2. The first-order chi connectivity index (χ1) is 15.1. The van der Waals surface area contributed by atoms with Gasteiger partial charge >= 0.3 is 17.9 Å². The Morgan fingerprint density at radius 2 is 1.53 bits per heavy atom. The van der Waals surface area contributed by atoms with Crippen molar-refractivity contribution in [2.24, 2.45) is 0 Å². The number of hydrogen-bond donors (Lipinski definition) is 3. The van der Waals surface area contributed by atoms with Crippen LogP contribution in [-0.2, 0) is 29.2 Å². The number of esters is 1. The summed E-state index contributed by atoms with van der Waals surface area (Å²) in [6.45, 7) is 2.08. The van der Waals surface area contributed by atoms with Crippen molar-refractivity contribution in [2.75, 3.05) is 0 Å². The van der Waals surface area contributed by atoms with Crippen molar-refractivity contribution < 1.29 is 42.3 Å². The molecule has 0 aliphatic rings. The molecular formula is C22H38O9S. The molecule has 0 radical (unpaired) electrons. The monoisotopic (exact) mass is 478 g/mol. The first kappa shape index (κ1) is 30.1. The Kier molecular flexibility index (Phi) is 16.5. The molecule has 32 heavy (non-hydrogen) atoms. The van der Waals surface area contributed by atoms with Gasteiger partial charge in [-0.1, -0.05) is 57.6 Å². The van der Waals surface area contributed by atoms with E-state index in [2.05, 4.69) is 6.92 Å². The highest BCUT2D eigenvalue weighted by Crippen LogP contribution is 2.16. The molecule has 0 aliphatic heterocycles. The second-order valence-corrected chi connectivity index (χ2v) is 9.51. The van der Waals surface area contributed by atoms with Crippen LogP contribution < -0.4 is 0 Å². The molecule has 0 saturated carbocycles. The molecule has 0 aromatic rings. The first-order valence-corrected chi connectivity index (χ1v) is 12.8. The number of carboxylic acid groups (broad SMARTS) is 2. The lowest BCUT2D eigenvalue weighted by molar-refractivity contribution is -0.152. The molecule has 0 aromatic carbocycles. The van der Waals surface area contributed by atoms with Crippen LogP contribution in [0.1, 0.15) is 96.8 Å².